The Hall–Kier alpha value is -3.15. The first-order valence-corrected chi connectivity index (χ1v) is 7.85. The van der Waals surface area contributed by atoms with Crippen molar-refractivity contribution in [3.05, 3.63) is 59.7 Å². The number of carbonyl (C=O) groups excluding carboxylic acids is 3. The molecule has 0 fully saturated rings. The van der Waals surface area contributed by atoms with Crippen molar-refractivity contribution in [1.29, 1.82) is 0 Å². The SMILES string of the molecule is CC(=O)Nc1ccc(C(=O)Nc2ccc(C(=O)OC(C)C)cc2)cc1. The summed E-state index contributed by atoms with van der Waals surface area (Å²) >= 11 is 0. The van der Waals surface area contributed by atoms with E-state index in [1.54, 1.807) is 62.4 Å². The van der Waals surface area contributed by atoms with Crippen molar-refractivity contribution in [2.45, 2.75) is 26.9 Å². The summed E-state index contributed by atoms with van der Waals surface area (Å²) in [4.78, 5) is 35.0. The minimum atomic E-state index is -0.401. The third-order valence-corrected chi connectivity index (χ3v) is 3.19. The van der Waals surface area contributed by atoms with Crippen molar-refractivity contribution in [3.8, 4) is 0 Å². The Morgan fingerprint density at radius 1 is 0.800 bits per heavy atom. The van der Waals surface area contributed by atoms with Gasteiger partial charge in [-0.15, -0.1) is 0 Å². The molecular formula is C19H20N2O4. The average Bonchev–Trinajstić information content (AvgIpc) is 2.55. The number of hydrogen-bond acceptors (Lipinski definition) is 4. The van der Waals surface area contributed by atoms with Gasteiger partial charge in [0.2, 0.25) is 5.91 Å². The van der Waals surface area contributed by atoms with E-state index in [1.165, 1.54) is 6.92 Å². The molecule has 0 heterocycles. The molecule has 0 unspecified atom stereocenters. The van der Waals surface area contributed by atoms with Crippen LogP contribution >= 0.6 is 0 Å². The minimum Gasteiger partial charge on any atom is -0.459 e. The molecule has 130 valence electrons. The van der Waals surface area contributed by atoms with E-state index in [1.807, 2.05) is 0 Å². The van der Waals surface area contributed by atoms with Crippen molar-refractivity contribution >= 4 is 29.2 Å². The van der Waals surface area contributed by atoms with Crippen molar-refractivity contribution < 1.29 is 19.1 Å². The molecule has 2 amide bonds. The van der Waals surface area contributed by atoms with Gasteiger partial charge < -0.3 is 15.4 Å². The molecule has 0 radical (unpaired) electrons. The average molecular weight is 340 g/mol. The maximum atomic E-state index is 12.2. The summed E-state index contributed by atoms with van der Waals surface area (Å²) in [5.41, 5.74) is 2.07. The van der Waals surface area contributed by atoms with Crippen molar-refractivity contribution in [2.24, 2.45) is 0 Å². The number of ether oxygens (including phenoxy) is 1. The summed E-state index contributed by atoms with van der Waals surface area (Å²) in [6.45, 7) is 4.98. The highest BCUT2D eigenvalue weighted by atomic mass is 16.5. The van der Waals surface area contributed by atoms with Crippen LogP contribution in [0.1, 0.15) is 41.5 Å². The third kappa shape index (κ3) is 5.46. The summed E-state index contributed by atoms with van der Waals surface area (Å²) in [6, 6.07) is 13.0. The molecule has 0 saturated heterocycles. The molecule has 6 nitrogen and oxygen atoms in total. The third-order valence-electron chi connectivity index (χ3n) is 3.19. The Balaban J connectivity index is 2.00. The summed E-state index contributed by atoms with van der Waals surface area (Å²) < 4.78 is 5.11. The van der Waals surface area contributed by atoms with Crippen molar-refractivity contribution in [1.82, 2.24) is 0 Å². The highest BCUT2D eigenvalue weighted by molar-refractivity contribution is 6.04. The fourth-order valence-electron chi connectivity index (χ4n) is 2.08. The lowest BCUT2D eigenvalue weighted by Crippen LogP contribution is -2.13. The van der Waals surface area contributed by atoms with Gasteiger partial charge in [0.15, 0.2) is 0 Å². The van der Waals surface area contributed by atoms with Gasteiger partial charge in [0.25, 0.3) is 5.91 Å². The van der Waals surface area contributed by atoms with Crippen LogP contribution in [0.2, 0.25) is 0 Å². The standard InChI is InChI=1S/C19H20N2O4/c1-12(2)25-19(24)15-6-10-17(11-7-15)21-18(23)14-4-8-16(9-5-14)20-13(3)22/h4-12H,1-3H3,(H,20,22)(H,21,23). The Morgan fingerprint density at radius 3 is 1.76 bits per heavy atom. The van der Waals surface area contributed by atoms with Gasteiger partial charge >= 0.3 is 5.97 Å². The lowest BCUT2D eigenvalue weighted by Gasteiger charge is -2.09. The normalized spacial score (nSPS) is 10.2. The predicted molar refractivity (Wildman–Crippen MR) is 95.7 cm³/mol. The smallest absolute Gasteiger partial charge is 0.338 e. The molecule has 2 N–H and O–H groups in total. The fourth-order valence-corrected chi connectivity index (χ4v) is 2.08. The molecule has 0 bridgehead atoms. The van der Waals surface area contributed by atoms with E-state index in [0.717, 1.165) is 0 Å². The largest absolute Gasteiger partial charge is 0.459 e. The van der Waals surface area contributed by atoms with E-state index >= 15 is 0 Å². The summed E-state index contributed by atoms with van der Waals surface area (Å²) in [5, 5.41) is 5.38. The van der Waals surface area contributed by atoms with Crippen molar-refractivity contribution in [3.63, 3.8) is 0 Å². The van der Waals surface area contributed by atoms with Crippen molar-refractivity contribution in [2.75, 3.05) is 10.6 Å². The highest BCUT2D eigenvalue weighted by Crippen LogP contribution is 2.14. The summed E-state index contributed by atoms with van der Waals surface area (Å²) in [5.74, 6) is -0.860. The number of benzene rings is 2. The molecule has 2 aromatic rings. The number of esters is 1. The second-order valence-electron chi connectivity index (χ2n) is 5.74. The van der Waals surface area contributed by atoms with Crippen LogP contribution in [0.3, 0.4) is 0 Å². The predicted octanol–water partition coefficient (Wildman–Crippen LogP) is 3.46. The Morgan fingerprint density at radius 2 is 1.28 bits per heavy atom. The lowest BCUT2D eigenvalue weighted by molar-refractivity contribution is -0.114. The van der Waals surface area contributed by atoms with E-state index in [4.69, 9.17) is 4.74 Å². The number of carbonyl (C=O) groups is 3. The van der Waals surface area contributed by atoms with Gasteiger partial charge in [-0.2, -0.15) is 0 Å². The first-order chi connectivity index (χ1) is 11.8. The van der Waals surface area contributed by atoms with Crippen LogP contribution in [0.15, 0.2) is 48.5 Å². The monoisotopic (exact) mass is 340 g/mol. The maximum absolute atomic E-state index is 12.2. The first-order valence-electron chi connectivity index (χ1n) is 7.85. The van der Waals surface area contributed by atoms with Crippen LogP contribution < -0.4 is 10.6 Å². The van der Waals surface area contributed by atoms with Gasteiger partial charge in [-0.05, 0) is 62.4 Å². The van der Waals surface area contributed by atoms with E-state index in [-0.39, 0.29) is 17.9 Å². The van der Waals surface area contributed by atoms with Crippen LogP contribution in [0, 0.1) is 0 Å². The van der Waals surface area contributed by atoms with Gasteiger partial charge in [0.1, 0.15) is 0 Å². The minimum absolute atomic E-state index is 0.173. The number of anilines is 2. The van der Waals surface area contributed by atoms with E-state index < -0.39 is 5.97 Å². The van der Waals surface area contributed by atoms with Gasteiger partial charge in [-0.25, -0.2) is 4.79 Å². The van der Waals surface area contributed by atoms with Gasteiger partial charge in [0, 0.05) is 23.9 Å². The molecule has 0 spiro atoms. The molecule has 0 aliphatic carbocycles. The second kappa shape index (κ2) is 8.10. The molecule has 25 heavy (non-hydrogen) atoms. The summed E-state index contributed by atoms with van der Waals surface area (Å²) in [6.07, 6.45) is -0.188. The topological polar surface area (TPSA) is 84.5 Å². The molecule has 0 atom stereocenters. The molecular weight excluding hydrogens is 320 g/mol. The van der Waals surface area contributed by atoms with E-state index in [0.29, 0.717) is 22.5 Å². The molecule has 0 aliphatic rings. The molecule has 0 aromatic heterocycles. The second-order valence-corrected chi connectivity index (χ2v) is 5.74. The molecule has 2 rings (SSSR count). The number of amides is 2. The zero-order valence-corrected chi connectivity index (χ0v) is 14.3. The zero-order valence-electron chi connectivity index (χ0n) is 14.3. The quantitative estimate of drug-likeness (QED) is 0.816. The lowest BCUT2D eigenvalue weighted by atomic mass is 10.1. The van der Waals surface area contributed by atoms with E-state index in [2.05, 4.69) is 10.6 Å². The van der Waals surface area contributed by atoms with Crippen LogP contribution in [-0.4, -0.2) is 23.9 Å². The van der Waals surface area contributed by atoms with Crippen LogP contribution in [0.5, 0.6) is 0 Å². The van der Waals surface area contributed by atoms with Crippen LogP contribution in [-0.2, 0) is 9.53 Å². The maximum Gasteiger partial charge on any atom is 0.338 e. The molecule has 0 saturated carbocycles. The van der Waals surface area contributed by atoms with Gasteiger partial charge in [-0.1, -0.05) is 0 Å². The number of hydrogen-bond donors (Lipinski definition) is 2. The zero-order chi connectivity index (χ0) is 18.4. The Labute approximate surface area is 146 Å². The molecule has 6 heteroatoms. The van der Waals surface area contributed by atoms with Gasteiger partial charge in [-0.3, -0.25) is 9.59 Å². The number of nitrogens with one attached hydrogen (secondary N) is 2. The Bertz CT molecular complexity index is 765. The first kappa shape index (κ1) is 18.2. The highest BCUT2D eigenvalue weighted by Gasteiger charge is 2.10. The molecule has 2 aromatic carbocycles. The molecule has 0 aliphatic heterocycles. The summed E-state index contributed by atoms with van der Waals surface area (Å²) in [7, 11) is 0. The van der Waals surface area contributed by atoms with Crippen LogP contribution in [0.25, 0.3) is 0 Å². The number of rotatable bonds is 5. The Kier molecular flexibility index (Phi) is 5.89. The van der Waals surface area contributed by atoms with Crippen LogP contribution in [0.4, 0.5) is 11.4 Å². The fraction of sp³-hybridized carbons (Fsp3) is 0.211. The van der Waals surface area contributed by atoms with E-state index in [9.17, 15) is 14.4 Å². The van der Waals surface area contributed by atoms with Gasteiger partial charge in [0.05, 0.1) is 11.7 Å².